The maximum Gasteiger partial charge on any atom is 0.222 e. The van der Waals surface area contributed by atoms with Gasteiger partial charge < -0.3 is 14.6 Å². The standard InChI is InChI=1S/C11H19N3O2/c1-9(16-3)4-5-11(15)14(2)8-10-12-6-7-13-10/h6-7,9H,4-5,8H2,1-3H3,(H,12,13). The van der Waals surface area contributed by atoms with Crippen molar-refractivity contribution >= 4 is 5.91 Å². The average Bonchev–Trinajstić information content (AvgIpc) is 2.77. The molecule has 1 amide bonds. The van der Waals surface area contributed by atoms with E-state index in [9.17, 15) is 4.79 Å². The zero-order valence-electron chi connectivity index (χ0n) is 10.1. The zero-order chi connectivity index (χ0) is 12.0. The lowest BCUT2D eigenvalue weighted by Crippen LogP contribution is -2.27. The van der Waals surface area contributed by atoms with Crippen molar-refractivity contribution in [2.24, 2.45) is 0 Å². The molecule has 1 aromatic heterocycles. The summed E-state index contributed by atoms with van der Waals surface area (Å²) in [6.07, 6.45) is 4.81. The molecule has 0 aliphatic carbocycles. The highest BCUT2D eigenvalue weighted by atomic mass is 16.5. The number of ether oxygens (including phenoxy) is 1. The van der Waals surface area contributed by atoms with Crippen molar-refractivity contribution in [2.45, 2.75) is 32.4 Å². The van der Waals surface area contributed by atoms with Crippen molar-refractivity contribution in [1.82, 2.24) is 14.9 Å². The molecule has 90 valence electrons. The van der Waals surface area contributed by atoms with Crippen LogP contribution >= 0.6 is 0 Å². The second-order valence-corrected chi connectivity index (χ2v) is 3.87. The lowest BCUT2D eigenvalue weighted by atomic mass is 10.2. The summed E-state index contributed by atoms with van der Waals surface area (Å²) in [5, 5.41) is 0. The Kier molecular flexibility index (Phi) is 4.98. The van der Waals surface area contributed by atoms with Gasteiger partial charge in [0.2, 0.25) is 5.91 Å². The van der Waals surface area contributed by atoms with Crippen LogP contribution in [0.1, 0.15) is 25.6 Å². The van der Waals surface area contributed by atoms with Crippen molar-refractivity contribution in [3.8, 4) is 0 Å². The van der Waals surface area contributed by atoms with Crippen molar-refractivity contribution in [2.75, 3.05) is 14.2 Å². The quantitative estimate of drug-likeness (QED) is 0.791. The van der Waals surface area contributed by atoms with E-state index in [1.165, 1.54) is 0 Å². The molecule has 1 aromatic rings. The number of nitrogens with one attached hydrogen (secondary N) is 1. The van der Waals surface area contributed by atoms with E-state index >= 15 is 0 Å². The summed E-state index contributed by atoms with van der Waals surface area (Å²) in [5.41, 5.74) is 0. The van der Waals surface area contributed by atoms with Gasteiger partial charge in [-0.25, -0.2) is 4.98 Å². The van der Waals surface area contributed by atoms with Gasteiger partial charge in [-0.2, -0.15) is 0 Å². The van der Waals surface area contributed by atoms with Crippen molar-refractivity contribution in [3.63, 3.8) is 0 Å². The summed E-state index contributed by atoms with van der Waals surface area (Å²) >= 11 is 0. The van der Waals surface area contributed by atoms with Crippen LogP contribution in [0.3, 0.4) is 0 Å². The number of aromatic nitrogens is 2. The SMILES string of the molecule is COC(C)CCC(=O)N(C)Cc1ncc[nH]1. The molecule has 16 heavy (non-hydrogen) atoms. The monoisotopic (exact) mass is 225 g/mol. The zero-order valence-corrected chi connectivity index (χ0v) is 10.1. The third kappa shape index (κ3) is 4.02. The first-order valence-electron chi connectivity index (χ1n) is 5.38. The van der Waals surface area contributed by atoms with Gasteiger partial charge in [0.15, 0.2) is 0 Å². The smallest absolute Gasteiger partial charge is 0.222 e. The van der Waals surface area contributed by atoms with Crippen molar-refractivity contribution in [3.05, 3.63) is 18.2 Å². The molecule has 0 saturated heterocycles. The van der Waals surface area contributed by atoms with Gasteiger partial charge in [-0.3, -0.25) is 4.79 Å². The highest BCUT2D eigenvalue weighted by Crippen LogP contribution is 2.04. The van der Waals surface area contributed by atoms with Gasteiger partial charge >= 0.3 is 0 Å². The summed E-state index contributed by atoms with van der Waals surface area (Å²) in [7, 11) is 3.43. The Morgan fingerprint density at radius 3 is 3.00 bits per heavy atom. The van der Waals surface area contributed by atoms with E-state index < -0.39 is 0 Å². The van der Waals surface area contributed by atoms with Crippen LogP contribution in [0.15, 0.2) is 12.4 Å². The molecule has 0 spiro atoms. The molecule has 1 heterocycles. The normalized spacial score (nSPS) is 12.4. The van der Waals surface area contributed by atoms with E-state index in [0.29, 0.717) is 13.0 Å². The number of hydrogen-bond donors (Lipinski definition) is 1. The minimum Gasteiger partial charge on any atom is -0.382 e. The minimum atomic E-state index is 0.111. The van der Waals surface area contributed by atoms with Crippen molar-refractivity contribution < 1.29 is 9.53 Å². The third-order valence-electron chi connectivity index (χ3n) is 2.53. The van der Waals surface area contributed by atoms with Crippen molar-refractivity contribution in [1.29, 1.82) is 0 Å². The Labute approximate surface area is 95.8 Å². The van der Waals surface area contributed by atoms with Gasteiger partial charge in [0.05, 0.1) is 12.6 Å². The number of aromatic amines is 1. The number of amides is 1. The maximum atomic E-state index is 11.7. The predicted molar refractivity (Wildman–Crippen MR) is 60.8 cm³/mol. The van der Waals surface area contributed by atoms with Gasteiger partial charge in [-0.15, -0.1) is 0 Å². The van der Waals surface area contributed by atoms with Crippen LogP contribution in [0.4, 0.5) is 0 Å². The molecule has 1 unspecified atom stereocenters. The van der Waals surface area contributed by atoms with Crippen LogP contribution in [0.5, 0.6) is 0 Å². The van der Waals surface area contributed by atoms with E-state index in [1.54, 1.807) is 31.5 Å². The maximum absolute atomic E-state index is 11.7. The van der Waals surface area contributed by atoms with Gasteiger partial charge in [0.25, 0.3) is 0 Å². The molecule has 0 aromatic carbocycles. The average molecular weight is 225 g/mol. The lowest BCUT2D eigenvalue weighted by Gasteiger charge is -2.16. The highest BCUT2D eigenvalue weighted by molar-refractivity contribution is 5.75. The van der Waals surface area contributed by atoms with Gasteiger partial charge in [-0.1, -0.05) is 0 Å². The Hall–Kier alpha value is -1.36. The predicted octanol–water partition coefficient (Wildman–Crippen LogP) is 1.18. The fourth-order valence-electron chi connectivity index (χ4n) is 1.33. The third-order valence-corrected chi connectivity index (χ3v) is 2.53. The lowest BCUT2D eigenvalue weighted by molar-refractivity contribution is -0.131. The molecule has 5 heteroatoms. The number of methoxy groups -OCH3 is 1. The molecule has 0 aliphatic heterocycles. The molecule has 0 fully saturated rings. The highest BCUT2D eigenvalue weighted by Gasteiger charge is 2.11. The van der Waals surface area contributed by atoms with E-state index in [0.717, 1.165) is 12.2 Å². The largest absolute Gasteiger partial charge is 0.382 e. The number of carbonyl (C=O) groups excluding carboxylic acids is 1. The molecular formula is C11H19N3O2. The summed E-state index contributed by atoms with van der Waals surface area (Å²) < 4.78 is 5.10. The number of nitrogens with zero attached hydrogens (tertiary/aromatic N) is 2. The first-order valence-corrected chi connectivity index (χ1v) is 5.38. The number of carbonyl (C=O) groups is 1. The Morgan fingerprint density at radius 2 is 2.44 bits per heavy atom. The van der Waals surface area contributed by atoms with E-state index in [4.69, 9.17) is 4.74 Å². The molecule has 0 saturated carbocycles. The Bertz CT molecular complexity index is 311. The van der Waals surface area contributed by atoms with Crippen LogP contribution in [0.25, 0.3) is 0 Å². The fraction of sp³-hybridized carbons (Fsp3) is 0.636. The van der Waals surface area contributed by atoms with Gasteiger partial charge in [0.1, 0.15) is 5.82 Å². The van der Waals surface area contributed by atoms with Crippen LogP contribution in [0, 0.1) is 0 Å². The number of H-pyrrole nitrogens is 1. The topological polar surface area (TPSA) is 58.2 Å². The Morgan fingerprint density at radius 1 is 1.69 bits per heavy atom. The molecule has 0 aliphatic rings. The summed E-state index contributed by atoms with van der Waals surface area (Å²) in [6, 6.07) is 0. The van der Waals surface area contributed by atoms with E-state index in [-0.39, 0.29) is 12.0 Å². The molecule has 0 bridgehead atoms. The number of hydrogen-bond acceptors (Lipinski definition) is 3. The summed E-state index contributed by atoms with van der Waals surface area (Å²) in [4.78, 5) is 20.4. The molecule has 1 rings (SSSR count). The molecular weight excluding hydrogens is 206 g/mol. The van der Waals surface area contributed by atoms with E-state index in [1.807, 2.05) is 6.92 Å². The van der Waals surface area contributed by atoms with Gasteiger partial charge in [-0.05, 0) is 13.3 Å². The second-order valence-electron chi connectivity index (χ2n) is 3.87. The summed E-state index contributed by atoms with van der Waals surface area (Å²) in [5.74, 6) is 0.913. The van der Waals surface area contributed by atoms with Crippen LogP contribution < -0.4 is 0 Å². The fourth-order valence-corrected chi connectivity index (χ4v) is 1.33. The number of rotatable bonds is 6. The van der Waals surface area contributed by atoms with E-state index in [2.05, 4.69) is 9.97 Å². The Balaban J connectivity index is 2.31. The van der Waals surface area contributed by atoms with Crippen LogP contribution in [0.2, 0.25) is 0 Å². The first-order chi connectivity index (χ1) is 7.63. The molecule has 1 atom stereocenters. The second kappa shape index (κ2) is 6.27. The van der Waals surface area contributed by atoms with Crippen LogP contribution in [-0.4, -0.2) is 41.0 Å². The molecule has 0 radical (unpaired) electrons. The number of imidazole rings is 1. The minimum absolute atomic E-state index is 0.111. The molecule has 5 nitrogen and oxygen atoms in total. The molecule has 1 N–H and O–H groups in total. The van der Waals surface area contributed by atoms with Crippen LogP contribution in [-0.2, 0) is 16.1 Å². The summed E-state index contributed by atoms with van der Waals surface area (Å²) in [6.45, 7) is 2.48. The first kappa shape index (κ1) is 12.7. The van der Waals surface area contributed by atoms with Gasteiger partial charge in [0, 0.05) is 33.0 Å².